The first-order chi connectivity index (χ1) is 16.8. The van der Waals surface area contributed by atoms with Crippen molar-refractivity contribution in [3.63, 3.8) is 0 Å². The summed E-state index contributed by atoms with van der Waals surface area (Å²) in [7, 11) is -4.07. The first kappa shape index (κ1) is 22.6. The number of sulfonamides is 1. The van der Waals surface area contributed by atoms with Crippen LogP contribution in [-0.2, 0) is 16.6 Å². The van der Waals surface area contributed by atoms with Gasteiger partial charge in [-0.25, -0.2) is 27.9 Å². The molecular formula is C24H19FN6O3S. The maximum Gasteiger partial charge on any atom is 0.240 e. The van der Waals surface area contributed by atoms with E-state index in [1.165, 1.54) is 30.6 Å². The Bertz CT molecular complexity index is 1700. The van der Waals surface area contributed by atoms with Gasteiger partial charge in [0.25, 0.3) is 0 Å². The molecule has 0 aliphatic rings. The van der Waals surface area contributed by atoms with E-state index >= 15 is 4.39 Å². The number of rotatable bonds is 5. The van der Waals surface area contributed by atoms with Crippen molar-refractivity contribution in [3.8, 4) is 33.8 Å². The minimum Gasteiger partial charge on any atom is -0.504 e. The molecule has 0 saturated carbocycles. The number of benzene rings is 2. The number of nitrogens with two attached hydrogens (primary N) is 2. The highest BCUT2D eigenvalue weighted by Crippen LogP contribution is 2.37. The van der Waals surface area contributed by atoms with Crippen molar-refractivity contribution in [1.29, 1.82) is 0 Å². The molecule has 9 nitrogen and oxygen atoms in total. The van der Waals surface area contributed by atoms with Gasteiger partial charge in [0.1, 0.15) is 33.8 Å². The van der Waals surface area contributed by atoms with Crippen molar-refractivity contribution in [3.05, 3.63) is 84.8 Å². The third-order valence-corrected chi connectivity index (χ3v) is 6.55. The van der Waals surface area contributed by atoms with Crippen molar-refractivity contribution in [2.75, 3.05) is 0 Å². The number of aromatic hydroxyl groups is 1. The van der Waals surface area contributed by atoms with Gasteiger partial charge in [-0.15, -0.1) is 0 Å². The predicted molar refractivity (Wildman–Crippen MR) is 128 cm³/mol. The van der Waals surface area contributed by atoms with E-state index < -0.39 is 15.8 Å². The molecule has 3 aromatic heterocycles. The summed E-state index contributed by atoms with van der Waals surface area (Å²) in [5.74, 6) is -0.961. The van der Waals surface area contributed by atoms with Crippen LogP contribution in [0.2, 0.25) is 0 Å². The average molecular weight is 491 g/mol. The third-order valence-electron chi connectivity index (χ3n) is 5.61. The van der Waals surface area contributed by atoms with E-state index in [1.807, 2.05) is 24.3 Å². The largest absolute Gasteiger partial charge is 0.504 e. The summed E-state index contributed by atoms with van der Waals surface area (Å²) < 4.78 is 40.8. The molecule has 0 aliphatic heterocycles. The maximum absolute atomic E-state index is 15.3. The molecule has 0 aliphatic carbocycles. The van der Waals surface area contributed by atoms with Crippen LogP contribution < -0.4 is 10.9 Å². The van der Waals surface area contributed by atoms with Crippen LogP contribution in [0, 0.1) is 5.82 Å². The van der Waals surface area contributed by atoms with Crippen LogP contribution in [0.15, 0.2) is 78.3 Å². The van der Waals surface area contributed by atoms with Gasteiger partial charge in [0.05, 0.1) is 6.20 Å². The van der Waals surface area contributed by atoms with Crippen LogP contribution in [0.1, 0.15) is 5.56 Å². The molecule has 5 N–H and O–H groups in total. The lowest BCUT2D eigenvalue weighted by Crippen LogP contribution is -2.13. The summed E-state index contributed by atoms with van der Waals surface area (Å²) in [5, 5.41) is 16.4. The zero-order valence-corrected chi connectivity index (χ0v) is 18.9. The average Bonchev–Trinajstić information content (AvgIpc) is 3.29. The van der Waals surface area contributed by atoms with Gasteiger partial charge in [-0.3, -0.25) is 9.55 Å². The number of nitrogens with zero attached hydrogens (tertiary/aromatic N) is 4. The van der Waals surface area contributed by atoms with E-state index in [4.69, 9.17) is 10.9 Å². The van der Waals surface area contributed by atoms with Crippen LogP contribution in [0.5, 0.6) is 5.75 Å². The highest BCUT2D eigenvalue weighted by Gasteiger charge is 2.20. The van der Waals surface area contributed by atoms with Crippen molar-refractivity contribution in [2.24, 2.45) is 10.9 Å². The molecule has 2 aromatic carbocycles. The van der Waals surface area contributed by atoms with Crippen molar-refractivity contribution < 1.29 is 17.9 Å². The van der Waals surface area contributed by atoms with E-state index in [9.17, 15) is 13.5 Å². The second kappa shape index (κ2) is 8.55. The van der Waals surface area contributed by atoms with Gasteiger partial charge in [-0.1, -0.05) is 18.2 Å². The Morgan fingerprint density at radius 2 is 1.86 bits per heavy atom. The normalized spacial score (nSPS) is 11.7. The second-order valence-corrected chi connectivity index (χ2v) is 9.32. The number of hydrogen-bond acceptors (Lipinski definition) is 7. The van der Waals surface area contributed by atoms with E-state index in [0.717, 1.165) is 23.5 Å². The Morgan fingerprint density at radius 1 is 1.03 bits per heavy atom. The van der Waals surface area contributed by atoms with Crippen LogP contribution in [0.25, 0.3) is 39.1 Å². The smallest absolute Gasteiger partial charge is 0.240 e. The van der Waals surface area contributed by atoms with E-state index in [1.54, 1.807) is 10.9 Å². The lowest BCUT2D eigenvalue weighted by atomic mass is 10.0. The quantitative estimate of drug-likeness (QED) is 0.342. The lowest BCUT2D eigenvalue weighted by molar-refractivity contribution is 0.479. The molecule has 0 fully saturated rings. The van der Waals surface area contributed by atoms with Gasteiger partial charge in [0.2, 0.25) is 10.0 Å². The first-order valence-corrected chi connectivity index (χ1v) is 11.9. The minimum atomic E-state index is -4.07. The SMILES string of the molecule is NCc1cccc(-n2cnc3cnc(-c4ccc(-c5ccncc5S(N)(=O)=O)cc4F)c(O)c32)c1. The molecule has 5 aromatic rings. The molecule has 0 saturated heterocycles. The molecule has 0 unspecified atom stereocenters. The summed E-state index contributed by atoms with van der Waals surface area (Å²) in [6, 6.07) is 13.0. The molecule has 11 heteroatoms. The number of fused-ring (bicyclic) bond motifs is 1. The molecule has 0 spiro atoms. The number of aromatic nitrogens is 4. The van der Waals surface area contributed by atoms with E-state index in [-0.39, 0.29) is 33.0 Å². The number of halogens is 1. The van der Waals surface area contributed by atoms with Gasteiger partial charge in [0, 0.05) is 35.8 Å². The van der Waals surface area contributed by atoms with Crippen molar-refractivity contribution in [2.45, 2.75) is 11.4 Å². The lowest BCUT2D eigenvalue weighted by Gasteiger charge is -2.12. The third kappa shape index (κ3) is 4.01. The van der Waals surface area contributed by atoms with Crippen LogP contribution in [0.3, 0.4) is 0 Å². The summed E-state index contributed by atoms with van der Waals surface area (Å²) in [4.78, 5) is 12.1. The van der Waals surface area contributed by atoms with Crippen LogP contribution >= 0.6 is 0 Å². The molecule has 5 rings (SSSR count). The number of primary sulfonamides is 1. The Kier molecular flexibility index (Phi) is 5.52. The summed E-state index contributed by atoms with van der Waals surface area (Å²) >= 11 is 0. The van der Waals surface area contributed by atoms with Crippen LogP contribution in [-0.4, -0.2) is 33.0 Å². The van der Waals surface area contributed by atoms with Crippen molar-refractivity contribution in [1.82, 2.24) is 19.5 Å². The molecule has 35 heavy (non-hydrogen) atoms. The minimum absolute atomic E-state index is 0.0136. The molecule has 176 valence electrons. The van der Waals surface area contributed by atoms with E-state index in [2.05, 4.69) is 15.0 Å². The topological polar surface area (TPSA) is 150 Å². The number of pyridine rings is 2. The van der Waals surface area contributed by atoms with Gasteiger partial charge < -0.3 is 10.8 Å². The van der Waals surface area contributed by atoms with Gasteiger partial charge in [-0.2, -0.15) is 0 Å². The molecule has 3 heterocycles. The molecule has 0 amide bonds. The summed E-state index contributed by atoms with van der Waals surface area (Å²) in [6.07, 6.45) is 5.49. The summed E-state index contributed by atoms with van der Waals surface area (Å²) in [6.45, 7) is 0.349. The first-order valence-electron chi connectivity index (χ1n) is 10.4. The zero-order chi connectivity index (χ0) is 24.7. The number of hydrogen-bond donors (Lipinski definition) is 3. The number of imidazole rings is 1. The van der Waals surface area contributed by atoms with Gasteiger partial charge >= 0.3 is 0 Å². The molecule has 0 atom stereocenters. The fourth-order valence-electron chi connectivity index (χ4n) is 3.94. The second-order valence-electron chi connectivity index (χ2n) is 7.79. The molecule has 0 bridgehead atoms. The Labute approximate surface area is 199 Å². The Hall–Kier alpha value is -4.19. The Balaban J connectivity index is 1.64. The van der Waals surface area contributed by atoms with Crippen LogP contribution in [0.4, 0.5) is 4.39 Å². The highest BCUT2D eigenvalue weighted by molar-refractivity contribution is 7.89. The predicted octanol–water partition coefficient (Wildman–Crippen LogP) is 3.10. The fraction of sp³-hybridized carbons (Fsp3) is 0.0417. The van der Waals surface area contributed by atoms with E-state index in [0.29, 0.717) is 17.6 Å². The summed E-state index contributed by atoms with van der Waals surface area (Å²) in [5.41, 5.74) is 8.69. The Morgan fingerprint density at radius 3 is 2.60 bits per heavy atom. The fourth-order valence-corrected chi connectivity index (χ4v) is 4.64. The zero-order valence-electron chi connectivity index (χ0n) is 18.1. The van der Waals surface area contributed by atoms with Gasteiger partial charge in [0.15, 0.2) is 5.75 Å². The maximum atomic E-state index is 15.3. The van der Waals surface area contributed by atoms with Crippen molar-refractivity contribution >= 4 is 21.1 Å². The van der Waals surface area contributed by atoms with Gasteiger partial charge in [-0.05, 0) is 41.5 Å². The standard InChI is InChI=1S/C24H19FN6O3S/c25-19-9-15(17-6-7-28-12-21(17)35(27,33)34)4-5-18(19)22-24(32)23-20(11-29-22)30-13-31(23)16-3-1-2-14(8-16)10-26/h1-9,11-13,32H,10,26H2,(H2,27,33,34). The monoisotopic (exact) mass is 490 g/mol. The molecule has 0 radical (unpaired) electrons. The highest BCUT2D eigenvalue weighted by atomic mass is 32.2. The molecular weight excluding hydrogens is 471 g/mol.